The first-order valence-electron chi connectivity index (χ1n) is 5.62. The third kappa shape index (κ3) is 4.02. The van der Waals surface area contributed by atoms with Gasteiger partial charge in [-0.05, 0) is 20.4 Å². The topological polar surface area (TPSA) is 59.0 Å². The predicted octanol–water partition coefficient (Wildman–Crippen LogP) is 0.517. The van der Waals surface area contributed by atoms with Gasteiger partial charge in [-0.25, -0.2) is 4.98 Å². The monoisotopic (exact) mass is 224 g/mol. The Balaban J connectivity index is 2.52. The highest BCUT2D eigenvalue weighted by molar-refractivity contribution is 5.76. The first-order chi connectivity index (χ1) is 7.63. The summed E-state index contributed by atoms with van der Waals surface area (Å²) in [7, 11) is 0. The van der Waals surface area contributed by atoms with Crippen LogP contribution >= 0.6 is 0 Å². The zero-order valence-electron chi connectivity index (χ0n) is 10.2. The summed E-state index contributed by atoms with van der Waals surface area (Å²) < 4.78 is 1.86. The van der Waals surface area contributed by atoms with Crippen molar-refractivity contribution in [2.75, 3.05) is 6.54 Å². The molecule has 1 amide bonds. The Labute approximate surface area is 96.3 Å². The maximum atomic E-state index is 11.6. The lowest BCUT2D eigenvalue weighted by atomic mass is 10.4. The van der Waals surface area contributed by atoms with Gasteiger partial charge >= 0.3 is 0 Å². The van der Waals surface area contributed by atoms with Crippen LogP contribution in [0.5, 0.6) is 0 Å². The predicted molar refractivity (Wildman–Crippen MR) is 62.9 cm³/mol. The first kappa shape index (κ1) is 12.7. The van der Waals surface area contributed by atoms with Gasteiger partial charge in [0.25, 0.3) is 0 Å². The zero-order chi connectivity index (χ0) is 12.0. The molecule has 2 N–H and O–H groups in total. The van der Waals surface area contributed by atoms with Gasteiger partial charge in [-0.3, -0.25) is 4.79 Å². The molecule has 90 valence electrons. The molecule has 5 nitrogen and oxygen atoms in total. The molecular weight excluding hydrogens is 204 g/mol. The van der Waals surface area contributed by atoms with Gasteiger partial charge in [0.15, 0.2) is 0 Å². The lowest BCUT2D eigenvalue weighted by Gasteiger charge is -2.11. The van der Waals surface area contributed by atoms with Crippen LogP contribution in [-0.2, 0) is 17.9 Å². The summed E-state index contributed by atoms with van der Waals surface area (Å²) in [6, 6.07) is 0.174. The quantitative estimate of drug-likeness (QED) is 0.740. The molecule has 0 aliphatic rings. The second kappa shape index (κ2) is 6.27. The summed E-state index contributed by atoms with van der Waals surface area (Å²) in [4.78, 5) is 15.6. The molecule has 0 saturated heterocycles. The van der Waals surface area contributed by atoms with Gasteiger partial charge in [0.2, 0.25) is 5.91 Å². The van der Waals surface area contributed by atoms with Crippen molar-refractivity contribution < 1.29 is 4.79 Å². The zero-order valence-corrected chi connectivity index (χ0v) is 10.2. The minimum Gasteiger partial charge on any atom is -0.352 e. The largest absolute Gasteiger partial charge is 0.352 e. The molecule has 0 radical (unpaired) electrons. The molecule has 16 heavy (non-hydrogen) atoms. The molecule has 1 aromatic heterocycles. The smallest absolute Gasteiger partial charge is 0.240 e. The number of hydrogen-bond donors (Lipinski definition) is 2. The third-order valence-corrected chi connectivity index (χ3v) is 2.12. The Bertz CT molecular complexity index is 332. The Hall–Kier alpha value is -1.36. The summed E-state index contributed by atoms with van der Waals surface area (Å²) in [6.45, 7) is 7.93. The van der Waals surface area contributed by atoms with Crippen molar-refractivity contribution in [3.63, 3.8) is 0 Å². The molecule has 0 atom stereocenters. The van der Waals surface area contributed by atoms with Crippen LogP contribution in [0.4, 0.5) is 0 Å². The summed E-state index contributed by atoms with van der Waals surface area (Å²) in [5, 5.41) is 6.07. The molecule has 0 aliphatic carbocycles. The van der Waals surface area contributed by atoms with Gasteiger partial charge in [0, 0.05) is 18.8 Å². The number of nitrogens with one attached hydrogen (secondary N) is 2. The van der Waals surface area contributed by atoms with Crippen LogP contribution in [0.1, 0.15) is 26.5 Å². The van der Waals surface area contributed by atoms with Crippen molar-refractivity contribution >= 4 is 5.91 Å². The fraction of sp³-hybridized carbons (Fsp3) is 0.636. The second-order valence-electron chi connectivity index (χ2n) is 4.02. The van der Waals surface area contributed by atoms with Gasteiger partial charge in [0.05, 0.1) is 12.0 Å². The average Bonchev–Trinajstić information content (AvgIpc) is 2.61. The van der Waals surface area contributed by atoms with Crippen LogP contribution in [0.2, 0.25) is 0 Å². The van der Waals surface area contributed by atoms with E-state index in [0.29, 0.717) is 6.54 Å². The van der Waals surface area contributed by atoms with Crippen LogP contribution in [0.15, 0.2) is 12.5 Å². The van der Waals surface area contributed by atoms with Crippen LogP contribution in [-0.4, -0.2) is 28.0 Å². The minimum absolute atomic E-state index is 0.0192. The van der Waals surface area contributed by atoms with Gasteiger partial charge in [0.1, 0.15) is 6.54 Å². The Morgan fingerprint density at radius 1 is 1.56 bits per heavy atom. The van der Waals surface area contributed by atoms with Gasteiger partial charge < -0.3 is 15.2 Å². The Morgan fingerprint density at radius 3 is 2.94 bits per heavy atom. The molecule has 1 heterocycles. The molecule has 0 bridgehead atoms. The van der Waals surface area contributed by atoms with Crippen LogP contribution < -0.4 is 10.6 Å². The van der Waals surface area contributed by atoms with E-state index >= 15 is 0 Å². The number of rotatable bonds is 6. The average molecular weight is 224 g/mol. The van der Waals surface area contributed by atoms with E-state index < -0.39 is 0 Å². The van der Waals surface area contributed by atoms with Gasteiger partial charge in [-0.15, -0.1) is 0 Å². The molecule has 1 rings (SSSR count). The highest BCUT2D eigenvalue weighted by Gasteiger charge is 2.07. The van der Waals surface area contributed by atoms with Gasteiger partial charge in [-0.2, -0.15) is 0 Å². The third-order valence-electron chi connectivity index (χ3n) is 2.12. The number of amides is 1. The van der Waals surface area contributed by atoms with Crippen molar-refractivity contribution in [1.82, 2.24) is 20.2 Å². The van der Waals surface area contributed by atoms with Crippen molar-refractivity contribution in [2.24, 2.45) is 0 Å². The van der Waals surface area contributed by atoms with Crippen LogP contribution in [0, 0.1) is 0 Å². The number of aromatic nitrogens is 2. The van der Waals surface area contributed by atoms with Gasteiger partial charge in [-0.1, -0.05) is 6.92 Å². The van der Waals surface area contributed by atoms with E-state index in [1.54, 1.807) is 12.5 Å². The number of nitrogens with zero attached hydrogens (tertiary/aromatic N) is 2. The number of hydrogen-bond acceptors (Lipinski definition) is 3. The van der Waals surface area contributed by atoms with E-state index in [0.717, 1.165) is 18.8 Å². The number of carbonyl (C=O) groups is 1. The molecule has 1 aromatic rings. The Morgan fingerprint density at radius 2 is 2.31 bits per heavy atom. The van der Waals surface area contributed by atoms with Crippen molar-refractivity contribution in [2.45, 2.75) is 39.9 Å². The van der Waals surface area contributed by atoms with E-state index in [9.17, 15) is 4.79 Å². The van der Waals surface area contributed by atoms with Crippen molar-refractivity contribution in [3.05, 3.63) is 18.2 Å². The normalized spacial score (nSPS) is 10.8. The summed E-state index contributed by atoms with van der Waals surface area (Å²) in [6.07, 6.45) is 3.47. The standard InChI is InChI=1S/C11H20N4O/c1-4-12-5-10-6-13-8-15(10)7-11(16)14-9(2)3/h6,8-9,12H,4-5,7H2,1-3H3,(H,14,16). The molecule has 0 unspecified atom stereocenters. The molecule has 0 aliphatic heterocycles. The van der Waals surface area contributed by atoms with E-state index in [1.807, 2.05) is 25.3 Å². The van der Waals surface area contributed by atoms with Crippen molar-refractivity contribution in [3.8, 4) is 0 Å². The van der Waals surface area contributed by atoms with Crippen LogP contribution in [0.3, 0.4) is 0 Å². The first-order valence-corrected chi connectivity index (χ1v) is 5.62. The maximum absolute atomic E-state index is 11.6. The van der Waals surface area contributed by atoms with E-state index in [1.165, 1.54) is 0 Å². The van der Waals surface area contributed by atoms with Crippen molar-refractivity contribution in [1.29, 1.82) is 0 Å². The van der Waals surface area contributed by atoms with E-state index in [2.05, 4.69) is 15.6 Å². The number of imidazole rings is 1. The number of carbonyl (C=O) groups excluding carboxylic acids is 1. The SMILES string of the molecule is CCNCc1cncn1CC(=O)NC(C)C. The lowest BCUT2D eigenvalue weighted by molar-refractivity contribution is -0.122. The van der Waals surface area contributed by atoms with E-state index in [-0.39, 0.29) is 11.9 Å². The molecule has 0 saturated carbocycles. The minimum atomic E-state index is 0.0192. The summed E-state index contributed by atoms with van der Waals surface area (Å²) in [5.41, 5.74) is 1.03. The molecule has 0 aromatic carbocycles. The molecule has 0 fully saturated rings. The molecule has 5 heteroatoms. The Kier molecular flexibility index (Phi) is 4.98. The van der Waals surface area contributed by atoms with E-state index in [4.69, 9.17) is 0 Å². The highest BCUT2D eigenvalue weighted by atomic mass is 16.2. The maximum Gasteiger partial charge on any atom is 0.240 e. The summed E-state index contributed by atoms with van der Waals surface area (Å²) in [5.74, 6) is 0.0192. The highest BCUT2D eigenvalue weighted by Crippen LogP contribution is 1.98. The van der Waals surface area contributed by atoms with Crippen LogP contribution in [0.25, 0.3) is 0 Å². The second-order valence-corrected chi connectivity index (χ2v) is 4.02. The fourth-order valence-corrected chi connectivity index (χ4v) is 1.41. The summed E-state index contributed by atoms with van der Waals surface area (Å²) >= 11 is 0. The molecule has 0 spiro atoms. The fourth-order valence-electron chi connectivity index (χ4n) is 1.41. The molecular formula is C11H20N4O. The lowest BCUT2D eigenvalue weighted by Crippen LogP contribution is -2.33.